The van der Waals surface area contributed by atoms with Crippen LogP contribution in [0.5, 0.6) is 0 Å². The van der Waals surface area contributed by atoms with Gasteiger partial charge in [-0.3, -0.25) is 0 Å². The molecule has 0 spiro atoms. The molecule has 4 nitrogen and oxygen atoms in total. The predicted octanol–water partition coefficient (Wildman–Crippen LogP) is 4.78. The predicted molar refractivity (Wildman–Crippen MR) is 100 cm³/mol. The third-order valence-corrected chi connectivity index (χ3v) is 4.25. The normalized spacial score (nSPS) is 17.8. The van der Waals surface area contributed by atoms with Gasteiger partial charge in [0.15, 0.2) is 0 Å². The Kier molecular flexibility index (Phi) is 6.41. The number of hydrazone groups is 1. The van der Waals surface area contributed by atoms with E-state index in [1.165, 1.54) is 18.4 Å². The lowest BCUT2D eigenvalue weighted by atomic mass is 9.92. The fraction of sp³-hybridized carbons (Fsp3) is 0.600. The van der Waals surface area contributed by atoms with Gasteiger partial charge in [-0.2, -0.15) is 5.10 Å². The first-order chi connectivity index (χ1) is 11.4. The molecule has 0 saturated heterocycles. The summed E-state index contributed by atoms with van der Waals surface area (Å²) in [6, 6.07) is 10.3. The van der Waals surface area contributed by atoms with Crippen molar-refractivity contribution in [1.29, 1.82) is 0 Å². The van der Waals surface area contributed by atoms with Crippen molar-refractivity contribution in [1.82, 2.24) is 10.3 Å². The van der Waals surface area contributed by atoms with Crippen molar-refractivity contribution in [2.45, 2.75) is 59.3 Å². The van der Waals surface area contributed by atoms with Gasteiger partial charge in [-0.1, -0.05) is 70.9 Å². The molecule has 1 atom stereocenters. The van der Waals surface area contributed by atoms with E-state index >= 15 is 0 Å². The number of carbonyl (C=O) groups excluding carboxylic acids is 1. The minimum atomic E-state index is -0.0867. The van der Waals surface area contributed by atoms with Crippen LogP contribution in [0.4, 0.5) is 4.79 Å². The smallest absolute Gasteiger partial charge is 0.336 e. The Morgan fingerprint density at radius 3 is 2.58 bits per heavy atom. The van der Waals surface area contributed by atoms with E-state index in [1.54, 1.807) is 5.01 Å². The Balaban J connectivity index is 2.07. The molecule has 1 unspecified atom stereocenters. The van der Waals surface area contributed by atoms with Crippen LogP contribution in [0.2, 0.25) is 0 Å². The molecule has 132 valence electrons. The van der Waals surface area contributed by atoms with Crippen LogP contribution in [-0.2, 0) is 0 Å². The number of rotatable bonds is 6. The van der Waals surface area contributed by atoms with E-state index < -0.39 is 0 Å². The molecule has 4 heteroatoms. The molecule has 0 bridgehead atoms. The standard InChI is InChI=1S/C20H31N3O/c1-5-6-8-13-18-17(16-11-9-7-10-12-16)14-23(22-18)19(24)21-15-20(2,3)4/h7,9-12,17H,5-6,8,13-15H2,1-4H3,(H,21,24). The molecule has 1 aromatic carbocycles. The monoisotopic (exact) mass is 329 g/mol. The topological polar surface area (TPSA) is 44.7 Å². The van der Waals surface area contributed by atoms with E-state index in [9.17, 15) is 4.79 Å². The van der Waals surface area contributed by atoms with E-state index in [-0.39, 0.29) is 17.4 Å². The number of nitrogens with one attached hydrogen (secondary N) is 1. The fourth-order valence-electron chi connectivity index (χ4n) is 2.87. The van der Waals surface area contributed by atoms with Crippen LogP contribution in [0.1, 0.15) is 64.9 Å². The van der Waals surface area contributed by atoms with E-state index in [0.29, 0.717) is 13.1 Å². The number of hydrogen-bond acceptors (Lipinski definition) is 2. The zero-order valence-corrected chi connectivity index (χ0v) is 15.5. The highest BCUT2D eigenvalue weighted by atomic mass is 16.2. The van der Waals surface area contributed by atoms with Crippen LogP contribution in [-0.4, -0.2) is 29.8 Å². The molecule has 1 aromatic rings. The fourth-order valence-corrected chi connectivity index (χ4v) is 2.87. The third-order valence-electron chi connectivity index (χ3n) is 4.25. The van der Waals surface area contributed by atoms with E-state index in [4.69, 9.17) is 0 Å². The number of hydrogen-bond donors (Lipinski definition) is 1. The van der Waals surface area contributed by atoms with Gasteiger partial charge in [0.1, 0.15) is 0 Å². The number of nitrogens with zero attached hydrogens (tertiary/aromatic N) is 2. The summed E-state index contributed by atoms with van der Waals surface area (Å²) in [7, 11) is 0. The highest BCUT2D eigenvalue weighted by molar-refractivity contribution is 5.94. The summed E-state index contributed by atoms with van der Waals surface area (Å²) in [5, 5.41) is 9.28. The van der Waals surface area contributed by atoms with E-state index in [2.05, 4.69) is 62.4 Å². The van der Waals surface area contributed by atoms with Gasteiger partial charge in [-0.05, 0) is 23.8 Å². The maximum Gasteiger partial charge on any atom is 0.337 e. The van der Waals surface area contributed by atoms with Gasteiger partial charge >= 0.3 is 6.03 Å². The number of unbranched alkanes of at least 4 members (excludes halogenated alkanes) is 2. The Labute approximate surface area is 146 Å². The Morgan fingerprint density at radius 2 is 1.96 bits per heavy atom. The zero-order valence-electron chi connectivity index (χ0n) is 15.5. The third kappa shape index (κ3) is 5.36. The van der Waals surface area contributed by atoms with Crippen molar-refractivity contribution in [3.63, 3.8) is 0 Å². The molecule has 2 rings (SSSR count). The Hall–Kier alpha value is -1.84. The van der Waals surface area contributed by atoms with Crippen molar-refractivity contribution in [2.75, 3.05) is 13.1 Å². The maximum absolute atomic E-state index is 12.5. The first kappa shape index (κ1) is 18.5. The van der Waals surface area contributed by atoms with Crippen molar-refractivity contribution in [3.8, 4) is 0 Å². The lowest BCUT2D eigenvalue weighted by Gasteiger charge is -2.21. The minimum absolute atomic E-state index is 0.0713. The van der Waals surface area contributed by atoms with Gasteiger partial charge < -0.3 is 5.32 Å². The van der Waals surface area contributed by atoms with Crippen LogP contribution in [0.3, 0.4) is 0 Å². The number of amides is 2. The van der Waals surface area contributed by atoms with E-state index in [1.807, 2.05) is 6.07 Å². The molecular weight excluding hydrogens is 298 g/mol. The van der Waals surface area contributed by atoms with Crippen molar-refractivity contribution >= 4 is 11.7 Å². The molecule has 1 aliphatic heterocycles. The molecule has 0 saturated carbocycles. The Bertz CT molecular complexity index is 560. The molecule has 0 aliphatic carbocycles. The van der Waals surface area contributed by atoms with Crippen LogP contribution in [0.15, 0.2) is 35.4 Å². The first-order valence-corrected chi connectivity index (χ1v) is 9.08. The van der Waals surface area contributed by atoms with Gasteiger partial charge in [0.05, 0.1) is 6.54 Å². The molecular formula is C20H31N3O. The summed E-state index contributed by atoms with van der Waals surface area (Å²) in [5.41, 5.74) is 2.46. The lowest BCUT2D eigenvalue weighted by Crippen LogP contribution is -2.40. The Morgan fingerprint density at radius 1 is 1.25 bits per heavy atom. The summed E-state index contributed by atoms with van der Waals surface area (Å²) in [6.07, 6.45) is 4.50. The first-order valence-electron chi connectivity index (χ1n) is 9.08. The number of carbonyl (C=O) groups is 1. The molecule has 1 heterocycles. The van der Waals surface area contributed by atoms with Gasteiger partial charge in [0.2, 0.25) is 0 Å². The SMILES string of the molecule is CCCCCC1=NN(C(=O)NCC(C)(C)C)CC1c1ccccc1. The van der Waals surface area contributed by atoms with Gasteiger partial charge in [-0.15, -0.1) is 0 Å². The molecule has 0 radical (unpaired) electrons. The summed E-state index contributed by atoms with van der Waals surface area (Å²) in [6.45, 7) is 9.84. The molecule has 0 aromatic heterocycles. The summed E-state index contributed by atoms with van der Waals surface area (Å²) >= 11 is 0. The second-order valence-electron chi connectivity index (χ2n) is 7.81. The average molecular weight is 329 g/mol. The van der Waals surface area contributed by atoms with E-state index in [0.717, 1.165) is 18.6 Å². The lowest BCUT2D eigenvalue weighted by molar-refractivity contribution is 0.199. The van der Waals surface area contributed by atoms with Gasteiger partial charge in [-0.25, -0.2) is 9.80 Å². The highest BCUT2D eigenvalue weighted by Gasteiger charge is 2.31. The van der Waals surface area contributed by atoms with Crippen LogP contribution in [0.25, 0.3) is 0 Å². The minimum Gasteiger partial charge on any atom is -0.336 e. The molecule has 24 heavy (non-hydrogen) atoms. The maximum atomic E-state index is 12.5. The average Bonchev–Trinajstić information content (AvgIpc) is 2.97. The summed E-state index contributed by atoms with van der Waals surface area (Å²) in [5.74, 6) is 0.225. The molecule has 1 aliphatic rings. The van der Waals surface area contributed by atoms with Crippen LogP contribution >= 0.6 is 0 Å². The second kappa shape index (κ2) is 8.32. The highest BCUT2D eigenvalue weighted by Crippen LogP contribution is 2.27. The van der Waals surface area contributed by atoms with Crippen molar-refractivity contribution < 1.29 is 4.79 Å². The number of urea groups is 1. The van der Waals surface area contributed by atoms with Crippen molar-refractivity contribution in [3.05, 3.63) is 35.9 Å². The van der Waals surface area contributed by atoms with Gasteiger partial charge in [0.25, 0.3) is 0 Å². The van der Waals surface area contributed by atoms with Gasteiger partial charge in [0, 0.05) is 18.2 Å². The molecule has 0 fully saturated rings. The second-order valence-corrected chi connectivity index (χ2v) is 7.81. The largest absolute Gasteiger partial charge is 0.337 e. The van der Waals surface area contributed by atoms with Crippen LogP contribution < -0.4 is 5.32 Å². The summed E-state index contributed by atoms with van der Waals surface area (Å²) < 4.78 is 0. The molecule has 1 N–H and O–H groups in total. The summed E-state index contributed by atoms with van der Waals surface area (Å²) in [4.78, 5) is 12.5. The number of benzene rings is 1. The van der Waals surface area contributed by atoms with Crippen LogP contribution in [0, 0.1) is 5.41 Å². The van der Waals surface area contributed by atoms with Crippen molar-refractivity contribution in [2.24, 2.45) is 10.5 Å². The zero-order chi connectivity index (χ0) is 17.6. The molecule has 2 amide bonds. The quantitative estimate of drug-likeness (QED) is 0.750.